The topological polar surface area (TPSA) is 75.5 Å². The third-order valence-electron chi connectivity index (χ3n) is 5.60. The predicted octanol–water partition coefficient (Wildman–Crippen LogP) is 2.61. The van der Waals surface area contributed by atoms with Crippen LogP contribution in [0.4, 0.5) is 5.82 Å². The Morgan fingerprint density at radius 2 is 1.52 bits per heavy atom. The summed E-state index contributed by atoms with van der Waals surface area (Å²) in [6.45, 7) is 5.77. The Labute approximate surface area is 182 Å². The average molecular weight is 439 g/mol. The Hall–Kier alpha value is -2.97. The molecule has 1 aliphatic heterocycles. The number of benzene rings is 2. The second-order valence-corrected chi connectivity index (χ2v) is 9.60. The molecule has 0 unspecified atom stereocenters. The van der Waals surface area contributed by atoms with Gasteiger partial charge in [-0.2, -0.15) is 8.99 Å². The minimum Gasteiger partial charge on any atom is -0.353 e. The summed E-state index contributed by atoms with van der Waals surface area (Å²) >= 11 is 0. The number of aryl methyl sites for hydroxylation is 2. The van der Waals surface area contributed by atoms with Gasteiger partial charge in [0.25, 0.3) is 5.56 Å². The molecule has 162 valence electrons. The summed E-state index contributed by atoms with van der Waals surface area (Å²) in [6, 6.07) is 17.9. The number of hydrogen-bond acceptors (Lipinski definition) is 5. The molecule has 3 aromatic rings. The van der Waals surface area contributed by atoms with E-state index >= 15 is 0 Å². The van der Waals surface area contributed by atoms with Crippen LogP contribution >= 0.6 is 0 Å². The van der Waals surface area contributed by atoms with Gasteiger partial charge in [0, 0.05) is 32.2 Å². The molecule has 31 heavy (non-hydrogen) atoms. The Bertz CT molecular complexity index is 1210. The van der Waals surface area contributed by atoms with Crippen molar-refractivity contribution in [1.82, 2.24) is 14.1 Å². The summed E-state index contributed by atoms with van der Waals surface area (Å²) in [5, 5.41) is 4.52. The molecule has 0 aliphatic carbocycles. The van der Waals surface area contributed by atoms with Crippen molar-refractivity contribution in [3.05, 3.63) is 82.1 Å². The molecule has 2 aromatic carbocycles. The second kappa shape index (κ2) is 8.64. The van der Waals surface area contributed by atoms with E-state index in [1.165, 1.54) is 15.1 Å². The molecule has 0 atom stereocenters. The van der Waals surface area contributed by atoms with Crippen molar-refractivity contribution in [2.24, 2.45) is 0 Å². The van der Waals surface area contributed by atoms with Gasteiger partial charge in [-0.25, -0.2) is 8.42 Å². The van der Waals surface area contributed by atoms with Crippen LogP contribution in [-0.4, -0.2) is 48.7 Å². The Morgan fingerprint density at radius 1 is 0.871 bits per heavy atom. The molecule has 7 nitrogen and oxygen atoms in total. The highest BCUT2D eigenvalue weighted by Crippen LogP contribution is 2.20. The van der Waals surface area contributed by atoms with Gasteiger partial charge < -0.3 is 4.90 Å². The lowest BCUT2D eigenvalue weighted by Gasteiger charge is -2.34. The van der Waals surface area contributed by atoms with E-state index in [-0.39, 0.29) is 5.56 Å². The minimum atomic E-state index is -3.52. The van der Waals surface area contributed by atoms with Gasteiger partial charge in [-0.3, -0.25) is 4.79 Å². The lowest BCUT2D eigenvalue weighted by Crippen LogP contribution is -2.49. The molecular formula is C23H26N4O3S. The number of nitrogens with zero attached hydrogens (tertiary/aromatic N) is 4. The van der Waals surface area contributed by atoms with Crippen molar-refractivity contribution in [2.45, 2.75) is 25.2 Å². The van der Waals surface area contributed by atoms with Crippen LogP contribution in [0.2, 0.25) is 0 Å². The molecule has 0 spiro atoms. The van der Waals surface area contributed by atoms with E-state index in [1.54, 1.807) is 18.2 Å². The van der Waals surface area contributed by atoms with Crippen LogP contribution in [0.1, 0.15) is 18.1 Å². The van der Waals surface area contributed by atoms with Gasteiger partial charge in [0.1, 0.15) is 5.82 Å². The van der Waals surface area contributed by atoms with Crippen molar-refractivity contribution in [3.8, 4) is 5.69 Å². The van der Waals surface area contributed by atoms with E-state index < -0.39 is 10.0 Å². The number of piperazine rings is 1. The lowest BCUT2D eigenvalue weighted by atomic mass is 10.2. The molecule has 1 saturated heterocycles. The molecule has 1 aliphatic rings. The predicted molar refractivity (Wildman–Crippen MR) is 121 cm³/mol. The molecule has 0 amide bonds. The number of sulfonamides is 1. The van der Waals surface area contributed by atoms with Crippen LogP contribution in [0.3, 0.4) is 0 Å². The van der Waals surface area contributed by atoms with Crippen LogP contribution in [0.15, 0.2) is 70.4 Å². The standard InChI is InChI=1S/C23H26N4O3S/c1-3-19-6-10-21(11-7-19)31(29,30)26-16-14-25(15-17-26)22-12-13-23(28)27(24-22)20-8-4-18(2)5-9-20/h4-13H,3,14-17H2,1-2H3. The van der Waals surface area contributed by atoms with E-state index in [0.717, 1.165) is 17.5 Å². The van der Waals surface area contributed by atoms with E-state index in [0.29, 0.717) is 42.6 Å². The summed E-state index contributed by atoms with van der Waals surface area (Å²) in [4.78, 5) is 14.7. The number of hydrogen-bond donors (Lipinski definition) is 0. The van der Waals surface area contributed by atoms with Gasteiger partial charge >= 0.3 is 0 Å². The first-order valence-corrected chi connectivity index (χ1v) is 11.8. The third-order valence-corrected chi connectivity index (χ3v) is 7.51. The van der Waals surface area contributed by atoms with Crippen LogP contribution in [0.5, 0.6) is 0 Å². The maximum Gasteiger partial charge on any atom is 0.271 e. The van der Waals surface area contributed by atoms with Gasteiger partial charge in [-0.1, -0.05) is 36.8 Å². The molecule has 1 fully saturated rings. The Kier molecular flexibility index (Phi) is 5.93. The molecule has 4 rings (SSSR count). The SMILES string of the molecule is CCc1ccc(S(=O)(=O)N2CCN(c3ccc(=O)n(-c4ccc(C)cc4)n3)CC2)cc1. The van der Waals surface area contributed by atoms with Crippen molar-refractivity contribution < 1.29 is 8.42 Å². The van der Waals surface area contributed by atoms with Crippen molar-refractivity contribution in [3.63, 3.8) is 0 Å². The molecule has 0 bridgehead atoms. The monoisotopic (exact) mass is 438 g/mol. The fourth-order valence-electron chi connectivity index (χ4n) is 3.64. The zero-order chi connectivity index (χ0) is 22.0. The van der Waals surface area contributed by atoms with Crippen LogP contribution < -0.4 is 10.5 Å². The highest BCUT2D eigenvalue weighted by molar-refractivity contribution is 7.89. The van der Waals surface area contributed by atoms with Crippen molar-refractivity contribution >= 4 is 15.8 Å². The molecule has 0 N–H and O–H groups in total. The molecule has 8 heteroatoms. The summed E-state index contributed by atoms with van der Waals surface area (Å²) < 4.78 is 28.9. The maximum absolute atomic E-state index is 13.0. The zero-order valence-corrected chi connectivity index (χ0v) is 18.5. The maximum atomic E-state index is 13.0. The zero-order valence-electron chi connectivity index (χ0n) is 17.7. The smallest absolute Gasteiger partial charge is 0.271 e. The summed E-state index contributed by atoms with van der Waals surface area (Å²) in [5.41, 5.74) is 2.71. The molecule has 0 saturated carbocycles. The van der Waals surface area contributed by atoms with E-state index in [1.807, 2.05) is 55.1 Å². The quantitative estimate of drug-likeness (QED) is 0.612. The summed E-state index contributed by atoms with van der Waals surface area (Å²) in [6.07, 6.45) is 0.872. The van der Waals surface area contributed by atoms with Crippen LogP contribution in [0.25, 0.3) is 5.69 Å². The number of aromatic nitrogens is 2. The highest BCUT2D eigenvalue weighted by Gasteiger charge is 2.29. The molecule has 0 radical (unpaired) electrons. The average Bonchev–Trinajstić information content (AvgIpc) is 2.80. The molecular weight excluding hydrogens is 412 g/mol. The largest absolute Gasteiger partial charge is 0.353 e. The van der Waals surface area contributed by atoms with Gasteiger partial charge in [-0.05, 0) is 49.2 Å². The second-order valence-electron chi connectivity index (χ2n) is 7.67. The van der Waals surface area contributed by atoms with Crippen molar-refractivity contribution in [2.75, 3.05) is 31.1 Å². The summed E-state index contributed by atoms with van der Waals surface area (Å²) in [7, 11) is -3.52. The highest BCUT2D eigenvalue weighted by atomic mass is 32.2. The number of anilines is 1. The molecule has 2 heterocycles. The van der Waals surface area contributed by atoms with Crippen LogP contribution in [0, 0.1) is 6.92 Å². The lowest BCUT2D eigenvalue weighted by molar-refractivity contribution is 0.383. The van der Waals surface area contributed by atoms with Gasteiger partial charge in [0.2, 0.25) is 10.0 Å². The first kappa shape index (κ1) is 21.3. The van der Waals surface area contributed by atoms with Gasteiger partial charge in [0.15, 0.2) is 0 Å². The fraction of sp³-hybridized carbons (Fsp3) is 0.304. The van der Waals surface area contributed by atoms with Gasteiger partial charge in [-0.15, -0.1) is 5.10 Å². The Balaban J connectivity index is 1.50. The van der Waals surface area contributed by atoms with E-state index in [2.05, 4.69) is 5.10 Å². The number of rotatable bonds is 5. The fourth-order valence-corrected chi connectivity index (χ4v) is 5.07. The first-order valence-electron chi connectivity index (χ1n) is 10.4. The van der Waals surface area contributed by atoms with Gasteiger partial charge in [0.05, 0.1) is 10.6 Å². The van der Waals surface area contributed by atoms with Crippen molar-refractivity contribution in [1.29, 1.82) is 0 Å². The van der Waals surface area contributed by atoms with Crippen LogP contribution in [-0.2, 0) is 16.4 Å². The van der Waals surface area contributed by atoms with E-state index in [4.69, 9.17) is 0 Å². The summed E-state index contributed by atoms with van der Waals surface area (Å²) in [5.74, 6) is 0.657. The Morgan fingerprint density at radius 3 is 2.13 bits per heavy atom. The van der Waals surface area contributed by atoms with E-state index in [9.17, 15) is 13.2 Å². The minimum absolute atomic E-state index is 0.204. The first-order chi connectivity index (χ1) is 14.9. The third kappa shape index (κ3) is 4.40. The normalized spacial score (nSPS) is 15.2. The molecule has 1 aromatic heterocycles.